The van der Waals surface area contributed by atoms with Crippen LogP contribution in [0.5, 0.6) is 11.5 Å². The summed E-state index contributed by atoms with van der Waals surface area (Å²) >= 11 is 8.60. The van der Waals surface area contributed by atoms with E-state index >= 15 is 0 Å². The van der Waals surface area contributed by atoms with Crippen molar-refractivity contribution in [2.24, 2.45) is 0 Å². The summed E-state index contributed by atoms with van der Waals surface area (Å²) in [5.74, 6) is -1.18. The number of halogens is 2. The fourth-order valence-electron chi connectivity index (χ4n) is 3.37. The topological polar surface area (TPSA) is 67.9 Å². The van der Waals surface area contributed by atoms with E-state index in [4.69, 9.17) is 21.7 Å². The minimum atomic E-state index is -0.738. The van der Waals surface area contributed by atoms with Crippen molar-refractivity contribution in [1.29, 1.82) is 0 Å². The van der Waals surface area contributed by atoms with Gasteiger partial charge in [0.1, 0.15) is 18.0 Å². The molecule has 1 fully saturated rings. The molecule has 0 aromatic heterocycles. The monoisotopic (exact) mass is 540 g/mol. The highest BCUT2D eigenvalue weighted by atomic mass is 79.9. The van der Waals surface area contributed by atoms with Gasteiger partial charge in [-0.15, -0.1) is 0 Å². The van der Waals surface area contributed by atoms with Crippen LogP contribution in [0.4, 0.5) is 10.1 Å². The van der Waals surface area contributed by atoms with E-state index in [-0.39, 0.29) is 16.4 Å². The molecule has 4 rings (SSSR count). The number of nitrogens with one attached hydrogen (secondary N) is 1. The van der Waals surface area contributed by atoms with Gasteiger partial charge in [-0.25, -0.2) is 9.29 Å². The molecule has 1 saturated heterocycles. The predicted octanol–water partition coefficient (Wildman–Crippen LogP) is 5.01. The number of hydrogen-bond acceptors (Lipinski definition) is 5. The predicted molar refractivity (Wildman–Crippen MR) is 134 cm³/mol. The number of methoxy groups -OCH3 is 1. The summed E-state index contributed by atoms with van der Waals surface area (Å²) in [5.41, 5.74) is 1.22. The molecule has 1 heterocycles. The Hall–Kier alpha value is -3.56. The number of benzene rings is 3. The van der Waals surface area contributed by atoms with Gasteiger partial charge in [-0.2, -0.15) is 0 Å². The van der Waals surface area contributed by atoms with Crippen molar-refractivity contribution < 1.29 is 23.5 Å². The van der Waals surface area contributed by atoms with Crippen LogP contribution in [0.15, 0.2) is 76.8 Å². The normalized spacial score (nSPS) is 14.9. The number of rotatable bonds is 6. The Bertz CT molecular complexity index is 1310. The zero-order valence-corrected chi connectivity index (χ0v) is 20.3. The first-order valence-corrected chi connectivity index (χ1v) is 11.3. The van der Waals surface area contributed by atoms with E-state index in [1.807, 2.05) is 30.3 Å². The summed E-state index contributed by atoms with van der Waals surface area (Å²) in [5, 5.41) is 2.25. The van der Waals surface area contributed by atoms with Crippen molar-refractivity contribution in [3.05, 3.63) is 93.7 Å². The van der Waals surface area contributed by atoms with Gasteiger partial charge in [0.25, 0.3) is 11.8 Å². The van der Waals surface area contributed by atoms with Crippen molar-refractivity contribution in [3.8, 4) is 11.5 Å². The fourth-order valence-corrected chi connectivity index (χ4v) is 4.22. The average Bonchev–Trinajstić information content (AvgIpc) is 2.82. The summed E-state index contributed by atoms with van der Waals surface area (Å²) in [7, 11) is 1.49. The second-order valence-electron chi connectivity index (χ2n) is 7.22. The van der Waals surface area contributed by atoms with Crippen LogP contribution >= 0.6 is 28.1 Å². The Morgan fingerprint density at radius 3 is 2.50 bits per heavy atom. The van der Waals surface area contributed by atoms with Gasteiger partial charge in [0, 0.05) is 0 Å². The largest absolute Gasteiger partial charge is 0.493 e. The highest BCUT2D eigenvalue weighted by molar-refractivity contribution is 9.10. The van der Waals surface area contributed by atoms with Crippen molar-refractivity contribution in [3.63, 3.8) is 0 Å². The van der Waals surface area contributed by atoms with Crippen LogP contribution < -0.4 is 19.7 Å². The maximum Gasteiger partial charge on any atom is 0.270 e. The molecule has 0 aliphatic carbocycles. The molecule has 1 N–H and O–H groups in total. The van der Waals surface area contributed by atoms with Crippen LogP contribution in [0.2, 0.25) is 0 Å². The number of carbonyl (C=O) groups excluding carboxylic acids is 2. The first kappa shape index (κ1) is 23.6. The number of anilines is 1. The standard InChI is InChI=1S/C25H18BrFN2O4S/c1-32-21-13-16(12-18(26)22(21)33-14-15-7-3-2-4-8-15)11-17-23(30)28-25(34)29(24(17)31)20-10-6-5-9-19(20)27/h2-13H,14H2,1H3,(H,28,30,34)/b17-11+. The molecule has 0 atom stereocenters. The molecule has 34 heavy (non-hydrogen) atoms. The van der Waals surface area contributed by atoms with E-state index in [0.29, 0.717) is 28.1 Å². The van der Waals surface area contributed by atoms with Gasteiger partial charge in [0.05, 0.1) is 17.3 Å². The highest BCUT2D eigenvalue weighted by Gasteiger charge is 2.35. The number of para-hydroxylation sites is 1. The molecule has 1 aliphatic heterocycles. The maximum absolute atomic E-state index is 14.3. The minimum absolute atomic E-state index is 0.0492. The number of amides is 2. The molecule has 3 aromatic carbocycles. The molecule has 6 nitrogen and oxygen atoms in total. The minimum Gasteiger partial charge on any atom is -0.493 e. The van der Waals surface area contributed by atoms with Crippen LogP contribution in [0.1, 0.15) is 11.1 Å². The lowest BCUT2D eigenvalue weighted by Gasteiger charge is -2.29. The van der Waals surface area contributed by atoms with Crippen molar-refractivity contribution in [1.82, 2.24) is 5.32 Å². The van der Waals surface area contributed by atoms with Crippen molar-refractivity contribution >= 4 is 56.8 Å². The number of nitrogens with zero attached hydrogens (tertiary/aromatic N) is 1. The number of carbonyl (C=O) groups is 2. The second kappa shape index (κ2) is 10.1. The van der Waals surface area contributed by atoms with Crippen LogP contribution in [0.25, 0.3) is 6.08 Å². The second-order valence-corrected chi connectivity index (χ2v) is 8.46. The van der Waals surface area contributed by atoms with E-state index in [9.17, 15) is 14.0 Å². The summed E-state index contributed by atoms with van der Waals surface area (Å²) in [6, 6.07) is 18.7. The smallest absolute Gasteiger partial charge is 0.270 e. The van der Waals surface area contributed by atoms with Crippen LogP contribution in [0.3, 0.4) is 0 Å². The van der Waals surface area contributed by atoms with Crippen molar-refractivity contribution in [2.75, 3.05) is 12.0 Å². The Morgan fingerprint density at radius 2 is 1.79 bits per heavy atom. The lowest BCUT2D eigenvalue weighted by molar-refractivity contribution is -0.122. The molecular weight excluding hydrogens is 523 g/mol. The summed E-state index contributed by atoms with van der Waals surface area (Å²) < 4.78 is 26.3. The van der Waals surface area contributed by atoms with E-state index in [1.54, 1.807) is 18.2 Å². The van der Waals surface area contributed by atoms with Crippen LogP contribution in [-0.2, 0) is 16.2 Å². The third-order valence-corrected chi connectivity index (χ3v) is 5.86. The van der Waals surface area contributed by atoms with Gasteiger partial charge in [-0.1, -0.05) is 42.5 Å². The van der Waals surface area contributed by atoms with Gasteiger partial charge in [0.15, 0.2) is 16.6 Å². The van der Waals surface area contributed by atoms with Gasteiger partial charge in [-0.05, 0) is 69.6 Å². The Morgan fingerprint density at radius 1 is 1.09 bits per heavy atom. The molecule has 0 unspecified atom stereocenters. The van der Waals surface area contributed by atoms with Gasteiger partial charge < -0.3 is 9.47 Å². The number of ether oxygens (including phenoxy) is 2. The average molecular weight is 541 g/mol. The first-order chi connectivity index (χ1) is 16.4. The Labute approximate surface area is 209 Å². The van der Waals surface area contributed by atoms with E-state index in [0.717, 1.165) is 10.5 Å². The zero-order valence-electron chi connectivity index (χ0n) is 17.9. The SMILES string of the molecule is COc1cc(/C=C2\C(=O)NC(=S)N(c3ccccc3F)C2=O)cc(Br)c1OCc1ccccc1. The van der Waals surface area contributed by atoms with E-state index in [1.165, 1.54) is 31.4 Å². The quantitative estimate of drug-likeness (QED) is 0.270. The maximum atomic E-state index is 14.3. The molecule has 9 heteroatoms. The third-order valence-electron chi connectivity index (χ3n) is 4.98. The molecule has 0 spiro atoms. The lowest BCUT2D eigenvalue weighted by atomic mass is 10.1. The number of thiocarbonyl (C=S) groups is 1. The Balaban J connectivity index is 1.66. The molecule has 0 radical (unpaired) electrons. The van der Waals surface area contributed by atoms with Crippen LogP contribution in [-0.4, -0.2) is 24.0 Å². The molecule has 1 aliphatic rings. The molecule has 0 saturated carbocycles. The summed E-state index contributed by atoms with van der Waals surface area (Å²) in [4.78, 5) is 26.7. The van der Waals surface area contributed by atoms with Gasteiger partial charge in [-0.3, -0.25) is 14.9 Å². The third kappa shape index (κ3) is 4.85. The van der Waals surface area contributed by atoms with Crippen molar-refractivity contribution in [2.45, 2.75) is 6.61 Å². The molecule has 2 amide bonds. The summed E-state index contributed by atoms with van der Waals surface area (Å²) in [6.07, 6.45) is 1.39. The van der Waals surface area contributed by atoms with E-state index < -0.39 is 17.6 Å². The highest BCUT2D eigenvalue weighted by Crippen LogP contribution is 2.38. The van der Waals surface area contributed by atoms with E-state index in [2.05, 4.69) is 21.2 Å². The van der Waals surface area contributed by atoms with Gasteiger partial charge >= 0.3 is 0 Å². The first-order valence-electron chi connectivity index (χ1n) is 10.1. The molecular formula is C25H18BrFN2O4S. The zero-order chi connectivity index (χ0) is 24.2. The summed E-state index contributed by atoms with van der Waals surface area (Å²) in [6.45, 7) is 0.326. The van der Waals surface area contributed by atoms with Gasteiger partial charge in [0.2, 0.25) is 0 Å². The van der Waals surface area contributed by atoms with Crippen LogP contribution in [0, 0.1) is 5.82 Å². The molecule has 0 bridgehead atoms. The number of hydrogen-bond donors (Lipinski definition) is 1. The fraction of sp³-hybridized carbons (Fsp3) is 0.0800. The molecule has 172 valence electrons. The Kier molecular flexibility index (Phi) is 7.04. The molecule has 3 aromatic rings. The lowest BCUT2D eigenvalue weighted by Crippen LogP contribution is -2.54.